The van der Waals surface area contributed by atoms with Gasteiger partial charge in [0.05, 0.1) is 0 Å². The zero-order valence-corrected chi connectivity index (χ0v) is 9.46. The average Bonchev–Trinajstić information content (AvgIpc) is 2.15. The number of nitrogens with one attached hydrogen (secondary N) is 1. The quantitative estimate of drug-likeness (QED) is 0.581. The summed E-state index contributed by atoms with van der Waals surface area (Å²) >= 11 is 0. The van der Waals surface area contributed by atoms with Crippen LogP contribution in [0.4, 0.5) is 0 Å². The van der Waals surface area contributed by atoms with Gasteiger partial charge in [-0.25, -0.2) is 0 Å². The zero-order chi connectivity index (χ0) is 11.3. The van der Waals surface area contributed by atoms with Crippen molar-refractivity contribution in [1.29, 1.82) is 0 Å². The van der Waals surface area contributed by atoms with Crippen molar-refractivity contribution >= 4 is 13.0 Å². The van der Waals surface area contributed by atoms with Crippen molar-refractivity contribution in [2.24, 2.45) is 11.1 Å². The van der Waals surface area contributed by atoms with Crippen molar-refractivity contribution in [1.82, 2.24) is 5.23 Å². The highest BCUT2D eigenvalue weighted by Crippen LogP contribution is 2.38. The summed E-state index contributed by atoms with van der Waals surface area (Å²) < 4.78 is 0. The van der Waals surface area contributed by atoms with Crippen molar-refractivity contribution in [2.45, 2.75) is 45.3 Å². The lowest BCUT2D eigenvalue weighted by molar-refractivity contribution is -0.120. The van der Waals surface area contributed by atoms with E-state index < -0.39 is 7.05 Å². The summed E-state index contributed by atoms with van der Waals surface area (Å²) in [5.74, 6) is -0.232. The molecule has 1 rings (SSSR count). The molecule has 15 heavy (non-hydrogen) atoms. The molecule has 0 spiro atoms. The summed E-state index contributed by atoms with van der Waals surface area (Å²) in [6.45, 7) is 2.38. The van der Waals surface area contributed by atoms with Gasteiger partial charge in [-0.2, -0.15) is 0 Å². The minimum atomic E-state index is -0.517. The maximum atomic E-state index is 11.0. The first-order valence-corrected chi connectivity index (χ1v) is 5.74. The van der Waals surface area contributed by atoms with E-state index in [4.69, 9.17) is 5.73 Å². The fourth-order valence-corrected chi connectivity index (χ4v) is 2.45. The Kier molecular flexibility index (Phi) is 4.60. The Hall–Kier alpha value is -0.545. The molecule has 0 atom stereocenters. The fourth-order valence-electron chi connectivity index (χ4n) is 2.45. The third kappa shape index (κ3) is 4.22. The molecule has 1 aliphatic carbocycles. The largest absolute Gasteiger partial charge is 0.437 e. The molecular weight excluding hydrogens is 191 g/mol. The first-order valence-electron chi connectivity index (χ1n) is 5.74. The summed E-state index contributed by atoms with van der Waals surface area (Å²) in [7, 11) is -0.517. The second-order valence-corrected chi connectivity index (χ2v) is 4.76. The third-order valence-electron chi connectivity index (χ3n) is 3.24. The van der Waals surface area contributed by atoms with Crippen LogP contribution in [0.5, 0.6) is 0 Å². The normalized spacial score (nSPS) is 19.9. The number of carbonyl (C=O) groups excluding carboxylic acids is 1. The van der Waals surface area contributed by atoms with Crippen molar-refractivity contribution in [3.8, 4) is 0 Å². The van der Waals surface area contributed by atoms with Crippen molar-refractivity contribution in [2.75, 3.05) is 6.54 Å². The predicted molar refractivity (Wildman–Crippen MR) is 61.2 cm³/mol. The Morgan fingerprint density at radius 1 is 1.47 bits per heavy atom. The molecule has 0 unspecified atom stereocenters. The van der Waals surface area contributed by atoms with Crippen LogP contribution in [0.15, 0.2) is 0 Å². The number of carbonyl (C=O) groups is 1. The lowest BCUT2D eigenvalue weighted by Crippen LogP contribution is -2.44. The maximum Gasteiger partial charge on any atom is 0.373 e. The number of hydrogen-bond donors (Lipinski definition) is 3. The molecular formula is C10H21BN2O2. The number of rotatable bonds is 5. The molecule has 0 aromatic rings. The second kappa shape index (κ2) is 5.51. The first-order chi connectivity index (χ1) is 7.04. The van der Waals surface area contributed by atoms with E-state index >= 15 is 0 Å². The molecule has 0 aromatic heterocycles. The van der Waals surface area contributed by atoms with Gasteiger partial charge in [-0.05, 0) is 31.6 Å². The van der Waals surface area contributed by atoms with Gasteiger partial charge in [0.2, 0.25) is 5.91 Å². The van der Waals surface area contributed by atoms with Gasteiger partial charge < -0.3 is 16.0 Å². The number of nitrogens with two attached hydrogens (primary N) is 1. The molecule has 0 aromatic carbocycles. The monoisotopic (exact) mass is 212 g/mol. The van der Waals surface area contributed by atoms with Crippen molar-refractivity contribution < 1.29 is 9.82 Å². The molecule has 0 aliphatic heterocycles. The summed E-state index contributed by atoms with van der Waals surface area (Å²) in [4.78, 5) is 11.0. The molecule has 0 bridgehead atoms. The molecule has 1 saturated carbocycles. The summed E-state index contributed by atoms with van der Waals surface area (Å²) in [6.07, 6.45) is 6.08. The molecule has 0 saturated heterocycles. The van der Waals surface area contributed by atoms with Crippen LogP contribution in [-0.2, 0) is 4.79 Å². The minimum absolute atomic E-state index is 0.0128. The topological polar surface area (TPSA) is 75.3 Å². The van der Waals surface area contributed by atoms with Gasteiger partial charge in [0.25, 0.3) is 0 Å². The van der Waals surface area contributed by atoms with Gasteiger partial charge in [-0.1, -0.05) is 19.3 Å². The van der Waals surface area contributed by atoms with Gasteiger partial charge in [-0.3, -0.25) is 4.79 Å². The van der Waals surface area contributed by atoms with Crippen molar-refractivity contribution in [3.05, 3.63) is 0 Å². The lowest BCUT2D eigenvalue weighted by Gasteiger charge is -2.37. The van der Waals surface area contributed by atoms with E-state index in [2.05, 4.69) is 5.23 Å². The van der Waals surface area contributed by atoms with Crippen LogP contribution in [-0.4, -0.2) is 24.5 Å². The average molecular weight is 212 g/mol. The van der Waals surface area contributed by atoms with E-state index in [0.29, 0.717) is 13.0 Å². The van der Waals surface area contributed by atoms with Crippen LogP contribution < -0.4 is 11.0 Å². The summed E-state index contributed by atoms with van der Waals surface area (Å²) in [6, 6.07) is 0. The molecule has 1 aliphatic rings. The third-order valence-corrected chi connectivity index (χ3v) is 3.24. The number of amides is 1. The standard InChI is InChI=1S/C10H21BN2O2/c1-11(15)13-8-10(7-9(12)14)5-3-2-4-6-10/h13,15H,2-8H2,1H3,(H2,12,14). The van der Waals surface area contributed by atoms with Crippen LogP contribution in [0.3, 0.4) is 0 Å². The zero-order valence-electron chi connectivity index (χ0n) is 9.46. The van der Waals surface area contributed by atoms with E-state index in [-0.39, 0.29) is 11.3 Å². The highest BCUT2D eigenvalue weighted by Gasteiger charge is 2.33. The Morgan fingerprint density at radius 3 is 2.53 bits per heavy atom. The first kappa shape index (κ1) is 12.5. The van der Waals surface area contributed by atoms with Gasteiger partial charge in [0, 0.05) is 6.42 Å². The number of hydrogen-bond acceptors (Lipinski definition) is 3. The molecule has 0 radical (unpaired) electrons. The van der Waals surface area contributed by atoms with E-state index in [1.54, 1.807) is 6.82 Å². The molecule has 4 nitrogen and oxygen atoms in total. The molecule has 5 heteroatoms. The van der Waals surface area contributed by atoms with Crippen LogP contribution in [0.25, 0.3) is 0 Å². The smallest absolute Gasteiger partial charge is 0.373 e. The molecule has 4 N–H and O–H groups in total. The predicted octanol–water partition coefficient (Wildman–Crippen LogP) is 0.512. The number of primary amides is 1. The van der Waals surface area contributed by atoms with Crippen molar-refractivity contribution in [3.63, 3.8) is 0 Å². The van der Waals surface area contributed by atoms with Crippen LogP contribution >= 0.6 is 0 Å². The highest BCUT2D eigenvalue weighted by atomic mass is 16.2. The Morgan fingerprint density at radius 2 is 2.07 bits per heavy atom. The summed E-state index contributed by atoms with van der Waals surface area (Å²) in [5, 5.41) is 12.2. The van der Waals surface area contributed by atoms with Crippen LogP contribution in [0.1, 0.15) is 38.5 Å². The van der Waals surface area contributed by atoms with Crippen LogP contribution in [0, 0.1) is 5.41 Å². The summed E-state index contributed by atoms with van der Waals surface area (Å²) in [5.41, 5.74) is 5.27. The van der Waals surface area contributed by atoms with E-state index in [0.717, 1.165) is 25.7 Å². The maximum absolute atomic E-state index is 11.0. The Balaban J connectivity index is 2.53. The molecule has 1 fully saturated rings. The highest BCUT2D eigenvalue weighted by molar-refractivity contribution is 6.45. The Labute approximate surface area is 91.7 Å². The van der Waals surface area contributed by atoms with Gasteiger partial charge in [-0.15, -0.1) is 0 Å². The van der Waals surface area contributed by atoms with Gasteiger partial charge >= 0.3 is 7.05 Å². The minimum Gasteiger partial charge on any atom is -0.437 e. The van der Waals surface area contributed by atoms with Gasteiger partial charge in [0.15, 0.2) is 0 Å². The van der Waals surface area contributed by atoms with Gasteiger partial charge in [0.1, 0.15) is 0 Å². The lowest BCUT2D eigenvalue weighted by atomic mass is 9.70. The van der Waals surface area contributed by atoms with E-state index in [9.17, 15) is 9.82 Å². The fraction of sp³-hybridized carbons (Fsp3) is 0.900. The SMILES string of the molecule is CB(O)NCC1(CC(N)=O)CCCCC1. The van der Waals surface area contributed by atoms with E-state index in [1.165, 1.54) is 6.42 Å². The second-order valence-electron chi connectivity index (χ2n) is 4.76. The molecule has 86 valence electrons. The van der Waals surface area contributed by atoms with E-state index in [1.807, 2.05) is 0 Å². The molecule has 1 amide bonds. The van der Waals surface area contributed by atoms with Crippen LogP contribution in [0.2, 0.25) is 6.82 Å². The Bertz CT molecular complexity index is 215. The molecule has 0 heterocycles.